The molecule has 0 fully saturated rings. The molecule has 1 aromatic rings. The first-order valence-electron chi connectivity index (χ1n) is 7.14. The quantitative estimate of drug-likeness (QED) is 0.792. The summed E-state index contributed by atoms with van der Waals surface area (Å²) in [5.41, 5.74) is 0. The first-order chi connectivity index (χ1) is 9.49. The maximum Gasteiger partial charge on any atom is 0.234 e. The zero-order valence-corrected chi connectivity index (χ0v) is 12.9. The molecule has 20 heavy (non-hydrogen) atoms. The number of hydrogen-bond donors (Lipinski definition) is 1. The van der Waals surface area contributed by atoms with E-state index in [9.17, 15) is 4.79 Å². The number of nitrogens with one attached hydrogen (secondary N) is 1. The Morgan fingerprint density at radius 2 is 1.90 bits per heavy atom. The van der Waals surface area contributed by atoms with E-state index in [4.69, 9.17) is 4.74 Å². The van der Waals surface area contributed by atoms with E-state index in [1.807, 2.05) is 49.2 Å². The van der Waals surface area contributed by atoms with E-state index < -0.39 is 0 Å². The number of rotatable bonds is 8. The van der Waals surface area contributed by atoms with E-state index in [2.05, 4.69) is 19.2 Å². The van der Waals surface area contributed by atoms with Crippen LogP contribution in [0.1, 0.15) is 20.8 Å². The standard InChI is InChI=1S/C16H26N2O2/c1-13(2)14(3)17-16(19)12-18(4)10-11-20-15-8-6-5-7-9-15/h5-9,13-14H,10-12H2,1-4H3,(H,17,19). The zero-order valence-electron chi connectivity index (χ0n) is 12.9. The van der Waals surface area contributed by atoms with Gasteiger partial charge in [-0.05, 0) is 32.0 Å². The predicted octanol–water partition coefficient (Wildman–Crippen LogP) is 2.16. The Hall–Kier alpha value is -1.55. The molecule has 0 radical (unpaired) electrons. The number of ether oxygens (including phenoxy) is 1. The van der Waals surface area contributed by atoms with E-state index >= 15 is 0 Å². The SMILES string of the molecule is CC(C)C(C)NC(=O)CN(C)CCOc1ccccc1. The molecule has 1 N–H and O–H groups in total. The Labute approximate surface area is 122 Å². The fourth-order valence-electron chi connectivity index (χ4n) is 1.63. The molecule has 0 aliphatic heterocycles. The monoisotopic (exact) mass is 278 g/mol. The van der Waals surface area contributed by atoms with Crippen molar-refractivity contribution in [2.24, 2.45) is 5.92 Å². The van der Waals surface area contributed by atoms with Crippen LogP contribution in [0.15, 0.2) is 30.3 Å². The van der Waals surface area contributed by atoms with E-state index in [0.29, 0.717) is 19.1 Å². The highest BCUT2D eigenvalue weighted by atomic mass is 16.5. The number of carbonyl (C=O) groups excluding carboxylic acids is 1. The second-order valence-electron chi connectivity index (χ2n) is 5.50. The lowest BCUT2D eigenvalue weighted by Gasteiger charge is -2.21. The van der Waals surface area contributed by atoms with Crippen molar-refractivity contribution in [2.75, 3.05) is 26.7 Å². The fraction of sp³-hybridized carbons (Fsp3) is 0.562. The summed E-state index contributed by atoms with van der Waals surface area (Å²) in [5.74, 6) is 1.37. The van der Waals surface area contributed by atoms with Gasteiger partial charge in [0.25, 0.3) is 0 Å². The van der Waals surface area contributed by atoms with Gasteiger partial charge in [0.05, 0.1) is 6.54 Å². The summed E-state index contributed by atoms with van der Waals surface area (Å²) in [6.07, 6.45) is 0. The minimum absolute atomic E-state index is 0.0633. The van der Waals surface area contributed by atoms with Crippen molar-refractivity contribution >= 4 is 5.91 Å². The molecule has 1 aromatic carbocycles. The maximum absolute atomic E-state index is 11.8. The Balaban J connectivity index is 2.20. The molecule has 0 aliphatic carbocycles. The second-order valence-corrected chi connectivity index (χ2v) is 5.50. The lowest BCUT2D eigenvalue weighted by molar-refractivity contribution is -0.122. The predicted molar refractivity (Wildman–Crippen MR) is 81.9 cm³/mol. The summed E-state index contributed by atoms with van der Waals surface area (Å²) in [6, 6.07) is 9.91. The summed E-state index contributed by atoms with van der Waals surface area (Å²) >= 11 is 0. The van der Waals surface area contributed by atoms with Gasteiger partial charge >= 0.3 is 0 Å². The normalized spacial score (nSPS) is 12.5. The van der Waals surface area contributed by atoms with Crippen LogP contribution < -0.4 is 10.1 Å². The van der Waals surface area contributed by atoms with Crippen LogP contribution in [0.3, 0.4) is 0 Å². The third-order valence-electron chi connectivity index (χ3n) is 3.29. The van der Waals surface area contributed by atoms with E-state index in [0.717, 1.165) is 12.3 Å². The smallest absolute Gasteiger partial charge is 0.234 e. The summed E-state index contributed by atoms with van der Waals surface area (Å²) in [5, 5.41) is 3.00. The van der Waals surface area contributed by atoms with E-state index in [-0.39, 0.29) is 11.9 Å². The van der Waals surface area contributed by atoms with Gasteiger partial charge in [-0.15, -0.1) is 0 Å². The number of benzene rings is 1. The van der Waals surface area contributed by atoms with Gasteiger partial charge in [-0.1, -0.05) is 32.0 Å². The van der Waals surface area contributed by atoms with Crippen molar-refractivity contribution < 1.29 is 9.53 Å². The van der Waals surface area contributed by atoms with Gasteiger partial charge in [-0.2, -0.15) is 0 Å². The van der Waals surface area contributed by atoms with Crippen LogP contribution in [0, 0.1) is 5.92 Å². The first kappa shape index (κ1) is 16.5. The largest absolute Gasteiger partial charge is 0.492 e. The number of nitrogens with zero attached hydrogens (tertiary/aromatic N) is 1. The summed E-state index contributed by atoms with van der Waals surface area (Å²) < 4.78 is 5.60. The highest BCUT2D eigenvalue weighted by Gasteiger charge is 2.12. The van der Waals surface area contributed by atoms with Crippen LogP contribution in [0.25, 0.3) is 0 Å². The third kappa shape index (κ3) is 6.57. The molecule has 0 heterocycles. The molecule has 1 unspecified atom stereocenters. The van der Waals surface area contributed by atoms with E-state index in [1.54, 1.807) is 0 Å². The summed E-state index contributed by atoms with van der Waals surface area (Å²) in [4.78, 5) is 13.8. The Morgan fingerprint density at radius 1 is 1.25 bits per heavy atom. The average Bonchev–Trinajstić information content (AvgIpc) is 2.39. The number of carbonyl (C=O) groups is 1. The van der Waals surface area contributed by atoms with Crippen LogP contribution in [-0.4, -0.2) is 43.6 Å². The Kier molecular flexibility index (Phi) is 7.09. The van der Waals surface area contributed by atoms with Crippen molar-refractivity contribution in [3.63, 3.8) is 0 Å². The molecular formula is C16H26N2O2. The highest BCUT2D eigenvalue weighted by Crippen LogP contribution is 2.07. The maximum atomic E-state index is 11.8. The van der Waals surface area contributed by atoms with Crippen LogP contribution in [0.2, 0.25) is 0 Å². The molecular weight excluding hydrogens is 252 g/mol. The summed E-state index contributed by atoms with van der Waals surface area (Å²) in [6.45, 7) is 7.92. The molecule has 0 aliphatic rings. The van der Waals surface area contributed by atoms with Crippen LogP contribution in [0.4, 0.5) is 0 Å². The molecule has 0 saturated heterocycles. The topological polar surface area (TPSA) is 41.6 Å². The number of likely N-dealkylation sites (N-methyl/N-ethyl adjacent to an activating group) is 1. The van der Waals surface area contributed by atoms with Gasteiger partial charge in [0.15, 0.2) is 0 Å². The van der Waals surface area contributed by atoms with Crippen molar-refractivity contribution in [1.29, 1.82) is 0 Å². The number of para-hydroxylation sites is 1. The lowest BCUT2D eigenvalue weighted by Crippen LogP contribution is -2.42. The molecule has 4 nitrogen and oxygen atoms in total. The molecule has 1 atom stereocenters. The van der Waals surface area contributed by atoms with Crippen molar-refractivity contribution in [3.05, 3.63) is 30.3 Å². The van der Waals surface area contributed by atoms with Crippen molar-refractivity contribution in [1.82, 2.24) is 10.2 Å². The third-order valence-corrected chi connectivity index (χ3v) is 3.29. The molecule has 0 spiro atoms. The Bertz CT molecular complexity index is 393. The Morgan fingerprint density at radius 3 is 2.50 bits per heavy atom. The van der Waals surface area contributed by atoms with Gasteiger partial charge in [0, 0.05) is 12.6 Å². The van der Waals surface area contributed by atoms with Gasteiger partial charge in [-0.25, -0.2) is 0 Å². The minimum Gasteiger partial charge on any atom is -0.492 e. The number of amides is 1. The number of hydrogen-bond acceptors (Lipinski definition) is 3. The van der Waals surface area contributed by atoms with Gasteiger partial charge in [-0.3, -0.25) is 9.69 Å². The van der Waals surface area contributed by atoms with Crippen molar-refractivity contribution in [2.45, 2.75) is 26.8 Å². The molecule has 0 bridgehead atoms. The van der Waals surface area contributed by atoms with Crippen molar-refractivity contribution in [3.8, 4) is 5.75 Å². The van der Waals surface area contributed by atoms with Crippen LogP contribution in [-0.2, 0) is 4.79 Å². The van der Waals surface area contributed by atoms with E-state index in [1.165, 1.54) is 0 Å². The van der Waals surface area contributed by atoms with Crippen LogP contribution in [0.5, 0.6) is 5.75 Å². The molecule has 4 heteroatoms. The second kappa shape index (κ2) is 8.59. The zero-order chi connectivity index (χ0) is 15.0. The van der Waals surface area contributed by atoms with Crippen LogP contribution >= 0.6 is 0 Å². The minimum atomic E-state index is 0.0633. The summed E-state index contributed by atoms with van der Waals surface area (Å²) in [7, 11) is 1.92. The molecule has 0 aromatic heterocycles. The molecule has 1 amide bonds. The lowest BCUT2D eigenvalue weighted by atomic mass is 10.1. The first-order valence-corrected chi connectivity index (χ1v) is 7.14. The highest BCUT2D eigenvalue weighted by molar-refractivity contribution is 5.78. The van der Waals surface area contributed by atoms with Gasteiger partial charge in [0.1, 0.15) is 12.4 Å². The molecule has 1 rings (SSSR count). The molecule has 0 saturated carbocycles. The van der Waals surface area contributed by atoms with Gasteiger partial charge < -0.3 is 10.1 Å². The fourth-order valence-corrected chi connectivity index (χ4v) is 1.63. The van der Waals surface area contributed by atoms with Gasteiger partial charge in [0.2, 0.25) is 5.91 Å². The molecule has 112 valence electrons. The average molecular weight is 278 g/mol.